The molecule has 7 nitrogen and oxygen atoms in total. The van der Waals surface area contributed by atoms with Gasteiger partial charge in [0.2, 0.25) is 5.89 Å². The van der Waals surface area contributed by atoms with Crippen LogP contribution in [0.3, 0.4) is 0 Å². The number of allylic oxidation sites excluding steroid dienone is 1. The number of unbranched alkanes of at least 4 members (excludes halogenated alkanes) is 3. The number of carbonyl (C=O) groups is 1. The molecule has 198 valence electrons. The fourth-order valence-corrected chi connectivity index (χ4v) is 4.43. The maximum Gasteiger partial charge on any atom is 0.303 e. The maximum atomic E-state index is 10.7. The van der Waals surface area contributed by atoms with E-state index in [1.54, 1.807) is 11.3 Å². The Morgan fingerprint density at radius 2 is 1.84 bits per heavy atom. The molecule has 2 heterocycles. The summed E-state index contributed by atoms with van der Waals surface area (Å²) < 4.78 is 11.7. The first-order valence-electron chi connectivity index (χ1n) is 12.7. The monoisotopic (exact) mass is 532 g/mol. The Morgan fingerprint density at radius 1 is 1.03 bits per heavy atom. The molecule has 0 saturated carbocycles. The standard InChI is InChI=1S/C30H32N2O5S/c1-22-27(31-30(37-22)28-13-9-19-38-28)21-35-25-17-15-23(16-18-25)20-36-32-26(24-10-5-4-6-11-24)12-7-2-3-8-14-29(33)34/h4-6,9-13,15-19,32H,2-3,7-8,14,20-21H2,1H3,(H,33,34). The minimum atomic E-state index is -0.742. The van der Waals surface area contributed by atoms with Crippen LogP contribution >= 0.6 is 11.3 Å². The molecular formula is C30H32N2O5S. The first-order chi connectivity index (χ1) is 18.6. The van der Waals surface area contributed by atoms with Crippen LogP contribution in [0.1, 0.15) is 54.7 Å². The van der Waals surface area contributed by atoms with E-state index in [2.05, 4.69) is 16.5 Å². The molecule has 0 atom stereocenters. The number of aromatic nitrogens is 1. The minimum absolute atomic E-state index is 0.219. The zero-order valence-corrected chi connectivity index (χ0v) is 22.2. The fourth-order valence-electron chi connectivity index (χ4n) is 3.78. The van der Waals surface area contributed by atoms with Gasteiger partial charge in [-0.25, -0.2) is 4.98 Å². The van der Waals surface area contributed by atoms with Crippen molar-refractivity contribution in [1.82, 2.24) is 10.5 Å². The van der Waals surface area contributed by atoms with E-state index in [-0.39, 0.29) is 6.42 Å². The number of benzene rings is 2. The smallest absolute Gasteiger partial charge is 0.303 e. The van der Waals surface area contributed by atoms with Crippen LogP contribution in [0.15, 0.2) is 82.6 Å². The number of ether oxygens (including phenoxy) is 1. The average molecular weight is 533 g/mol. The van der Waals surface area contributed by atoms with Gasteiger partial charge in [-0.1, -0.05) is 61.0 Å². The summed E-state index contributed by atoms with van der Waals surface area (Å²) in [4.78, 5) is 22.0. The molecule has 2 N–H and O–H groups in total. The Balaban J connectivity index is 1.25. The Hall–Kier alpha value is -3.88. The second kappa shape index (κ2) is 14.2. The Bertz CT molecular complexity index is 1300. The van der Waals surface area contributed by atoms with E-state index in [1.807, 2.05) is 79.0 Å². The van der Waals surface area contributed by atoms with Crippen LogP contribution in [-0.4, -0.2) is 16.1 Å². The van der Waals surface area contributed by atoms with Crippen LogP contribution in [0, 0.1) is 6.92 Å². The molecule has 0 bridgehead atoms. The molecule has 0 aliphatic rings. The van der Waals surface area contributed by atoms with Crippen LogP contribution in [0.4, 0.5) is 0 Å². The van der Waals surface area contributed by atoms with Crippen LogP contribution in [0.2, 0.25) is 0 Å². The Morgan fingerprint density at radius 3 is 2.58 bits per heavy atom. The van der Waals surface area contributed by atoms with E-state index < -0.39 is 5.97 Å². The summed E-state index contributed by atoms with van der Waals surface area (Å²) in [6.45, 7) is 2.61. The second-order valence-corrected chi connectivity index (χ2v) is 9.75. The van der Waals surface area contributed by atoms with E-state index >= 15 is 0 Å². The summed E-state index contributed by atoms with van der Waals surface area (Å²) in [5.74, 6) is 1.38. The van der Waals surface area contributed by atoms with Crippen molar-refractivity contribution in [2.75, 3.05) is 0 Å². The number of carboxylic acids is 1. The van der Waals surface area contributed by atoms with Gasteiger partial charge < -0.3 is 14.3 Å². The summed E-state index contributed by atoms with van der Waals surface area (Å²) >= 11 is 1.59. The Labute approximate surface area is 226 Å². The van der Waals surface area contributed by atoms with Crippen molar-refractivity contribution >= 4 is 23.0 Å². The molecule has 4 rings (SSSR count). The van der Waals surface area contributed by atoms with Crippen LogP contribution in [0.5, 0.6) is 5.75 Å². The summed E-state index contributed by atoms with van der Waals surface area (Å²) in [6, 6.07) is 21.7. The van der Waals surface area contributed by atoms with Crippen molar-refractivity contribution in [3.8, 4) is 16.5 Å². The van der Waals surface area contributed by atoms with Crippen LogP contribution in [0.25, 0.3) is 16.5 Å². The molecule has 0 saturated heterocycles. The molecule has 8 heteroatoms. The molecule has 0 unspecified atom stereocenters. The molecule has 0 aliphatic heterocycles. The zero-order valence-electron chi connectivity index (χ0n) is 21.4. The van der Waals surface area contributed by atoms with E-state index in [4.69, 9.17) is 19.1 Å². The van der Waals surface area contributed by atoms with Gasteiger partial charge in [0, 0.05) is 6.42 Å². The van der Waals surface area contributed by atoms with Gasteiger partial charge in [0.15, 0.2) is 0 Å². The average Bonchev–Trinajstić information content (AvgIpc) is 3.59. The van der Waals surface area contributed by atoms with E-state index in [0.717, 1.165) is 58.2 Å². The first kappa shape index (κ1) is 27.2. The number of hydroxylamine groups is 1. The molecule has 0 fully saturated rings. The fraction of sp³-hybridized carbons (Fsp3) is 0.267. The van der Waals surface area contributed by atoms with Crippen molar-refractivity contribution in [2.45, 2.75) is 52.2 Å². The third kappa shape index (κ3) is 8.33. The molecule has 2 aromatic carbocycles. The molecule has 0 aliphatic carbocycles. The first-order valence-corrected chi connectivity index (χ1v) is 13.5. The maximum absolute atomic E-state index is 10.7. The van der Waals surface area contributed by atoms with Crippen LogP contribution in [-0.2, 0) is 22.8 Å². The molecule has 0 spiro atoms. The summed E-state index contributed by atoms with van der Waals surface area (Å²) in [6.07, 6.45) is 5.66. The third-order valence-corrected chi connectivity index (χ3v) is 6.73. The van der Waals surface area contributed by atoms with Gasteiger partial charge in [0.25, 0.3) is 0 Å². The van der Waals surface area contributed by atoms with Gasteiger partial charge in [0.1, 0.15) is 23.8 Å². The summed E-state index contributed by atoms with van der Waals surface area (Å²) in [7, 11) is 0. The van der Waals surface area contributed by atoms with E-state index in [0.29, 0.717) is 25.5 Å². The van der Waals surface area contributed by atoms with Crippen molar-refractivity contribution in [1.29, 1.82) is 0 Å². The van der Waals surface area contributed by atoms with Crippen molar-refractivity contribution in [3.63, 3.8) is 0 Å². The molecular weight excluding hydrogens is 500 g/mol. The highest BCUT2D eigenvalue weighted by molar-refractivity contribution is 7.13. The number of hydrogen-bond acceptors (Lipinski definition) is 7. The quantitative estimate of drug-likeness (QED) is 0.122. The van der Waals surface area contributed by atoms with E-state index in [9.17, 15) is 4.79 Å². The number of aryl methyl sites for hydroxylation is 1. The lowest BCUT2D eigenvalue weighted by Gasteiger charge is -2.12. The molecule has 0 amide bonds. The van der Waals surface area contributed by atoms with Gasteiger partial charge in [-0.2, -0.15) is 0 Å². The van der Waals surface area contributed by atoms with Gasteiger partial charge in [-0.15, -0.1) is 11.3 Å². The van der Waals surface area contributed by atoms with Gasteiger partial charge >= 0.3 is 5.97 Å². The predicted octanol–water partition coefficient (Wildman–Crippen LogP) is 7.39. The molecule has 2 aromatic heterocycles. The predicted molar refractivity (Wildman–Crippen MR) is 148 cm³/mol. The van der Waals surface area contributed by atoms with Crippen molar-refractivity contribution in [2.24, 2.45) is 0 Å². The van der Waals surface area contributed by atoms with E-state index in [1.165, 1.54) is 0 Å². The largest absolute Gasteiger partial charge is 0.487 e. The lowest BCUT2D eigenvalue weighted by atomic mass is 10.1. The number of hydrogen-bond donors (Lipinski definition) is 2. The normalized spacial score (nSPS) is 11.4. The number of aliphatic carboxylic acids is 1. The number of nitrogens with one attached hydrogen (secondary N) is 1. The lowest BCUT2D eigenvalue weighted by molar-refractivity contribution is -0.137. The molecule has 4 aromatic rings. The molecule has 0 radical (unpaired) electrons. The third-order valence-electron chi connectivity index (χ3n) is 5.87. The number of carboxylic acid groups (broad SMARTS) is 1. The Kier molecular flexibility index (Phi) is 10.1. The lowest BCUT2D eigenvalue weighted by Crippen LogP contribution is -2.13. The number of rotatable bonds is 15. The van der Waals surface area contributed by atoms with Gasteiger partial charge in [-0.3, -0.25) is 15.1 Å². The summed E-state index contributed by atoms with van der Waals surface area (Å²) in [5.41, 5.74) is 6.81. The van der Waals surface area contributed by atoms with Crippen molar-refractivity contribution in [3.05, 3.63) is 101 Å². The topological polar surface area (TPSA) is 93.8 Å². The highest BCUT2D eigenvalue weighted by Crippen LogP contribution is 2.26. The zero-order chi connectivity index (χ0) is 26.6. The summed E-state index contributed by atoms with van der Waals surface area (Å²) in [5, 5.41) is 10.8. The van der Waals surface area contributed by atoms with Gasteiger partial charge in [0.05, 0.1) is 17.2 Å². The minimum Gasteiger partial charge on any atom is -0.487 e. The number of oxazole rings is 1. The highest BCUT2D eigenvalue weighted by Gasteiger charge is 2.13. The highest BCUT2D eigenvalue weighted by atomic mass is 32.1. The van der Waals surface area contributed by atoms with Crippen LogP contribution < -0.4 is 10.2 Å². The molecule has 38 heavy (non-hydrogen) atoms. The number of nitrogens with zero attached hydrogens (tertiary/aromatic N) is 1. The van der Waals surface area contributed by atoms with Crippen molar-refractivity contribution < 1.29 is 23.9 Å². The number of thiophene rings is 1. The van der Waals surface area contributed by atoms with Gasteiger partial charge in [-0.05, 0) is 60.9 Å². The second-order valence-electron chi connectivity index (χ2n) is 8.80. The SMILES string of the molecule is Cc1oc(-c2cccs2)nc1COc1ccc(CONC(=CCCCCCC(=O)O)c2ccccc2)cc1.